The predicted octanol–water partition coefficient (Wildman–Crippen LogP) is 1.90. The highest BCUT2D eigenvalue weighted by atomic mass is 32.2. The van der Waals surface area contributed by atoms with Crippen LogP contribution in [0.4, 0.5) is 13.2 Å². The van der Waals surface area contributed by atoms with Gasteiger partial charge in [0.25, 0.3) is 0 Å². The molecule has 0 saturated heterocycles. The molecule has 0 saturated carbocycles. The minimum atomic E-state index is -4.36. The average molecular weight is 180 g/mol. The normalized spacial score (nSPS) is 10.7. The summed E-state index contributed by atoms with van der Waals surface area (Å²) in [7, 11) is 0. The molecule has 0 aliphatic rings. The number of halogens is 3. The molecule has 0 amide bonds. The van der Waals surface area contributed by atoms with Crippen LogP contribution in [-0.2, 0) is 0 Å². The molecule has 0 rings (SSSR count). The van der Waals surface area contributed by atoms with E-state index in [1.54, 1.807) is 0 Å². The molecule has 0 aliphatic heterocycles. The first-order chi connectivity index (χ1) is 4.99. The van der Waals surface area contributed by atoms with Gasteiger partial charge in [0.05, 0.1) is 12.1 Å². The Morgan fingerprint density at radius 2 is 1.73 bits per heavy atom. The number of alkyl halides is 3. The first-order valence-electron chi connectivity index (χ1n) is 2.49. The van der Waals surface area contributed by atoms with Crippen molar-refractivity contribution in [3.05, 3.63) is 0 Å². The highest BCUT2D eigenvalue weighted by molar-refractivity contribution is 8.00. The Morgan fingerprint density at radius 1 is 1.27 bits per heavy atom. The standard InChI is InChI=1S/C5H3F3N2S/c6-5(7,8)11-3-4(1-9)2-10/h4H,3H2. The predicted molar refractivity (Wildman–Crippen MR) is 33.2 cm³/mol. The minimum Gasteiger partial charge on any atom is -0.197 e. The smallest absolute Gasteiger partial charge is 0.197 e. The quantitative estimate of drug-likeness (QED) is 0.652. The van der Waals surface area contributed by atoms with Crippen molar-refractivity contribution < 1.29 is 13.2 Å². The lowest BCUT2D eigenvalue weighted by Crippen LogP contribution is -2.06. The summed E-state index contributed by atoms with van der Waals surface area (Å²) in [4.78, 5) is 0. The minimum absolute atomic E-state index is 0.354. The van der Waals surface area contributed by atoms with Gasteiger partial charge in [0.2, 0.25) is 0 Å². The highest BCUT2D eigenvalue weighted by Crippen LogP contribution is 2.31. The molecule has 0 aromatic heterocycles. The first-order valence-corrected chi connectivity index (χ1v) is 3.48. The zero-order chi connectivity index (χ0) is 8.91. The van der Waals surface area contributed by atoms with E-state index < -0.39 is 17.2 Å². The molecule has 0 bridgehead atoms. The van der Waals surface area contributed by atoms with Crippen LogP contribution in [0.1, 0.15) is 0 Å². The highest BCUT2D eigenvalue weighted by Gasteiger charge is 2.29. The van der Waals surface area contributed by atoms with Crippen LogP contribution in [0.2, 0.25) is 0 Å². The number of rotatable bonds is 2. The topological polar surface area (TPSA) is 47.6 Å². The van der Waals surface area contributed by atoms with Crippen molar-refractivity contribution in [3.8, 4) is 12.1 Å². The summed E-state index contributed by atoms with van der Waals surface area (Å²) < 4.78 is 34.3. The summed E-state index contributed by atoms with van der Waals surface area (Å²) in [6, 6.07) is 2.88. The zero-order valence-corrected chi connectivity index (χ0v) is 6.04. The van der Waals surface area contributed by atoms with Crippen molar-refractivity contribution in [3.63, 3.8) is 0 Å². The van der Waals surface area contributed by atoms with Gasteiger partial charge in [-0.25, -0.2) is 0 Å². The van der Waals surface area contributed by atoms with Crippen molar-refractivity contribution >= 4 is 11.8 Å². The van der Waals surface area contributed by atoms with Crippen LogP contribution in [0.25, 0.3) is 0 Å². The molecule has 0 aromatic carbocycles. The van der Waals surface area contributed by atoms with Crippen LogP contribution in [0.15, 0.2) is 0 Å². The molecule has 11 heavy (non-hydrogen) atoms. The van der Waals surface area contributed by atoms with Gasteiger partial charge in [0.15, 0.2) is 0 Å². The molecule has 0 radical (unpaired) electrons. The first kappa shape index (κ1) is 10.1. The monoisotopic (exact) mass is 180 g/mol. The second-order valence-electron chi connectivity index (χ2n) is 1.57. The van der Waals surface area contributed by atoms with E-state index in [0.29, 0.717) is 0 Å². The van der Waals surface area contributed by atoms with E-state index in [9.17, 15) is 13.2 Å². The molecule has 0 aliphatic carbocycles. The van der Waals surface area contributed by atoms with Gasteiger partial charge in [-0.05, 0) is 11.8 Å². The second-order valence-corrected chi connectivity index (χ2v) is 2.65. The fraction of sp³-hybridized carbons (Fsp3) is 0.600. The van der Waals surface area contributed by atoms with Crippen LogP contribution >= 0.6 is 11.8 Å². The van der Waals surface area contributed by atoms with E-state index in [0.717, 1.165) is 0 Å². The van der Waals surface area contributed by atoms with Crippen LogP contribution < -0.4 is 0 Å². The summed E-state index contributed by atoms with van der Waals surface area (Å²) in [5.74, 6) is -1.70. The van der Waals surface area contributed by atoms with Crippen molar-refractivity contribution in [1.29, 1.82) is 10.5 Å². The Labute approximate surface area is 65.6 Å². The summed E-state index contributed by atoms with van der Waals surface area (Å²) in [6.45, 7) is 0. The van der Waals surface area contributed by atoms with Crippen LogP contribution in [-0.4, -0.2) is 11.3 Å². The largest absolute Gasteiger partial charge is 0.441 e. The summed E-state index contributed by atoms with van der Waals surface area (Å²) in [6.07, 6.45) is 0. The third-order valence-corrected chi connectivity index (χ3v) is 1.55. The Morgan fingerprint density at radius 3 is 2.00 bits per heavy atom. The lowest BCUT2D eigenvalue weighted by Gasteiger charge is -2.03. The Hall–Kier alpha value is -0.880. The van der Waals surface area contributed by atoms with E-state index in [4.69, 9.17) is 10.5 Å². The molecule has 0 unspecified atom stereocenters. The average Bonchev–Trinajstić information content (AvgIpc) is 1.88. The number of hydrogen-bond donors (Lipinski definition) is 0. The van der Waals surface area contributed by atoms with Crippen LogP contribution in [0, 0.1) is 28.6 Å². The van der Waals surface area contributed by atoms with Crippen LogP contribution in [0.5, 0.6) is 0 Å². The van der Waals surface area contributed by atoms with Gasteiger partial charge in [0, 0.05) is 5.75 Å². The van der Waals surface area contributed by atoms with E-state index in [1.807, 2.05) is 0 Å². The summed E-state index contributed by atoms with van der Waals surface area (Å²) in [5.41, 5.74) is -4.36. The molecule has 0 heterocycles. The lowest BCUT2D eigenvalue weighted by atomic mass is 10.2. The molecule has 60 valence electrons. The second kappa shape index (κ2) is 4.09. The van der Waals surface area contributed by atoms with Crippen molar-refractivity contribution in [2.75, 3.05) is 5.75 Å². The van der Waals surface area contributed by atoms with Gasteiger partial charge in [0.1, 0.15) is 5.92 Å². The van der Waals surface area contributed by atoms with Gasteiger partial charge >= 0.3 is 5.51 Å². The SMILES string of the molecule is N#CC(C#N)CSC(F)(F)F. The Kier molecular flexibility index (Phi) is 3.77. The number of thioether (sulfide) groups is 1. The third kappa shape index (κ3) is 5.56. The maximum Gasteiger partial charge on any atom is 0.441 e. The number of hydrogen-bond acceptors (Lipinski definition) is 3. The summed E-state index contributed by atoms with van der Waals surface area (Å²) >= 11 is -0.354. The number of nitriles is 2. The van der Waals surface area contributed by atoms with E-state index >= 15 is 0 Å². The fourth-order valence-electron chi connectivity index (χ4n) is 0.281. The molecule has 0 atom stereocenters. The maximum absolute atomic E-state index is 11.4. The van der Waals surface area contributed by atoms with Crippen molar-refractivity contribution in [1.82, 2.24) is 0 Å². The molecular weight excluding hydrogens is 177 g/mol. The number of nitrogens with zero attached hydrogens (tertiary/aromatic N) is 2. The summed E-state index contributed by atoms with van der Waals surface area (Å²) in [5, 5.41) is 16.1. The lowest BCUT2D eigenvalue weighted by molar-refractivity contribution is -0.0328. The van der Waals surface area contributed by atoms with Crippen LogP contribution in [0.3, 0.4) is 0 Å². The van der Waals surface area contributed by atoms with E-state index in [2.05, 4.69) is 0 Å². The van der Waals surface area contributed by atoms with Gasteiger partial charge < -0.3 is 0 Å². The van der Waals surface area contributed by atoms with Gasteiger partial charge in [-0.1, -0.05) is 0 Å². The molecule has 0 N–H and O–H groups in total. The third-order valence-electron chi connectivity index (χ3n) is 0.725. The van der Waals surface area contributed by atoms with E-state index in [1.165, 1.54) is 12.1 Å². The van der Waals surface area contributed by atoms with Crippen molar-refractivity contribution in [2.24, 2.45) is 5.92 Å². The maximum atomic E-state index is 11.4. The molecular formula is C5H3F3N2S. The molecule has 0 spiro atoms. The van der Waals surface area contributed by atoms with Gasteiger partial charge in [-0.15, -0.1) is 0 Å². The molecule has 2 nitrogen and oxygen atoms in total. The van der Waals surface area contributed by atoms with Gasteiger partial charge in [-0.3, -0.25) is 0 Å². The Balaban J connectivity index is 3.74. The Bertz CT molecular complexity index is 185. The van der Waals surface area contributed by atoms with Gasteiger partial charge in [-0.2, -0.15) is 23.7 Å². The fourth-order valence-corrected chi connectivity index (χ4v) is 0.786. The zero-order valence-electron chi connectivity index (χ0n) is 5.22. The molecule has 6 heteroatoms. The molecule has 0 fully saturated rings. The van der Waals surface area contributed by atoms with E-state index in [-0.39, 0.29) is 11.8 Å². The van der Waals surface area contributed by atoms with Crippen molar-refractivity contribution in [2.45, 2.75) is 5.51 Å². The molecule has 0 aromatic rings.